The van der Waals surface area contributed by atoms with Crippen LogP contribution in [-0.4, -0.2) is 59.9 Å². The number of hydrogen-bond donors (Lipinski definition) is 1. The maximum Gasteiger partial charge on any atom is 0.410 e. The van der Waals surface area contributed by atoms with Crippen LogP contribution in [0.25, 0.3) is 0 Å². The minimum absolute atomic E-state index is 0.249. The summed E-state index contributed by atoms with van der Waals surface area (Å²) in [5.74, 6) is 0. The average Bonchev–Trinajstić information content (AvgIpc) is 2.95. The molecular weight excluding hydrogens is 650 g/mol. The molecule has 3 amide bonds. The number of rotatable bonds is 9. The molecule has 1 N–H and O–H groups in total. The van der Waals surface area contributed by atoms with E-state index < -0.39 is 17.3 Å². The topological polar surface area (TPSA) is 97.4 Å². The van der Waals surface area contributed by atoms with Crippen LogP contribution < -0.4 is 5.32 Å². The van der Waals surface area contributed by atoms with Gasteiger partial charge in [-0.25, -0.2) is 14.4 Å². The molecule has 0 spiro atoms. The molecule has 0 aliphatic rings. The zero-order valence-electron chi connectivity index (χ0n) is 28.3. The Morgan fingerprint density at radius 3 is 1.67 bits per heavy atom. The van der Waals surface area contributed by atoms with Crippen LogP contribution in [-0.2, 0) is 40.3 Å². The first-order chi connectivity index (χ1) is 21.5. The fraction of sp³-hybridized carbons (Fsp3) is 0.417. The van der Waals surface area contributed by atoms with Gasteiger partial charge >= 0.3 is 18.3 Å². The molecule has 0 radical (unpaired) electrons. The quantitative estimate of drug-likeness (QED) is 0.226. The van der Waals surface area contributed by atoms with Gasteiger partial charge in [0.05, 0.1) is 0 Å². The summed E-state index contributed by atoms with van der Waals surface area (Å²) < 4.78 is 16.9. The Kier molecular flexibility index (Phi) is 15.1. The van der Waals surface area contributed by atoms with E-state index in [0.29, 0.717) is 26.1 Å². The van der Waals surface area contributed by atoms with Gasteiger partial charge in [0.2, 0.25) is 0 Å². The summed E-state index contributed by atoms with van der Waals surface area (Å²) in [5, 5.41) is 2.76. The third kappa shape index (κ3) is 16.3. The minimum atomic E-state index is -0.520. The molecule has 10 heteroatoms. The highest BCUT2D eigenvalue weighted by Crippen LogP contribution is 2.16. The van der Waals surface area contributed by atoms with E-state index >= 15 is 0 Å². The second kappa shape index (κ2) is 18.2. The second-order valence-corrected chi connectivity index (χ2v) is 13.8. The Balaban J connectivity index is 0.000000368. The molecule has 250 valence electrons. The van der Waals surface area contributed by atoms with Crippen molar-refractivity contribution in [2.24, 2.45) is 0 Å². The van der Waals surface area contributed by atoms with Gasteiger partial charge in [-0.05, 0) is 82.3 Å². The summed E-state index contributed by atoms with van der Waals surface area (Å²) in [5.41, 5.74) is 3.11. The molecular formula is C36H48BrN3O6. The van der Waals surface area contributed by atoms with Crippen molar-refractivity contribution in [3.05, 3.63) is 106 Å². The van der Waals surface area contributed by atoms with Gasteiger partial charge in [-0.15, -0.1) is 0 Å². The molecule has 0 saturated carbocycles. The number of hydrogen-bond acceptors (Lipinski definition) is 6. The molecule has 9 nitrogen and oxygen atoms in total. The summed E-state index contributed by atoms with van der Waals surface area (Å²) in [4.78, 5) is 38.8. The SMILES string of the molecule is CN(Cc1cccc(Br)c1)C(=O)OC(C)(C)C.CN(Cc1cccc(CCNC(=O)OCc2ccccc2)c1)C(=O)OC(C)(C)C. The van der Waals surface area contributed by atoms with E-state index in [-0.39, 0.29) is 18.8 Å². The third-order valence-electron chi connectivity index (χ3n) is 6.03. The smallest absolute Gasteiger partial charge is 0.410 e. The Bertz CT molecular complexity index is 1400. The molecule has 0 saturated heterocycles. The van der Waals surface area contributed by atoms with Crippen molar-refractivity contribution < 1.29 is 28.6 Å². The van der Waals surface area contributed by atoms with E-state index in [9.17, 15) is 14.4 Å². The number of carbonyl (C=O) groups is 3. The van der Waals surface area contributed by atoms with Crippen molar-refractivity contribution in [1.82, 2.24) is 15.1 Å². The van der Waals surface area contributed by atoms with Crippen molar-refractivity contribution in [3.8, 4) is 0 Å². The molecule has 0 unspecified atom stereocenters. The van der Waals surface area contributed by atoms with Crippen LogP contribution in [0.4, 0.5) is 14.4 Å². The number of alkyl carbamates (subject to hydrolysis) is 1. The van der Waals surface area contributed by atoms with Crippen LogP contribution in [0.5, 0.6) is 0 Å². The standard InChI is InChI=1S/C23H30N2O4.C13H18BrNO2/c1-23(2,3)29-22(27)25(4)16-20-12-8-11-18(15-20)13-14-24-21(26)28-17-19-9-6-5-7-10-19;1-13(2,3)17-12(16)15(4)9-10-6-5-7-11(14)8-10/h5-12,15H,13-14,16-17H2,1-4H3,(H,24,26);5-8H,9H2,1-4H3. The van der Waals surface area contributed by atoms with Crippen molar-refractivity contribution in [2.75, 3.05) is 20.6 Å². The van der Waals surface area contributed by atoms with E-state index in [1.165, 1.54) is 0 Å². The lowest BCUT2D eigenvalue weighted by atomic mass is 10.1. The van der Waals surface area contributed by atoms with Crippen molar-refractivity contribution >= 4 is 34.2 Å². The number of halogens is 1. The highest BCUT2D eigenvalue weighted by molar-refractivity contribution is 9.10. The number of nitrogens with zero attached hydrogens (tertiary/aromatic N) is 2. The molecule has 0 aliphatic carbocycles. The van der Waals surface area contributed by atoms with Gasteiger partial charge in [-0.3, -0.25) is 0 Å². The summed E-state index contributed by atoms with van der Waals surface area (Å²) in [7, 11) is 3.44. The van der Waals surface area contributed by atoms with E-state index in [2.05, 4.69) is 21.2 Å². The second-order valence-electron chi connectivity index (χ2n) is 12.9. The number of nitrogens with one attached hydrogen (secondary N) is 1. The molecule has 0 fully saturated rings. The van der Waals surface area contributed by atoms with Crippen molar-refractivity contribution in [1.29, 1.82) is 0 Å². The summed E-state index contributed by atoms with van der Waals surface area (Å²) in [6.07, 6.45) is -0.428. The van der Waals surface area contributed by atoms with Gasteiger partial charge in [-0.2, -0.15) is 0 Å². The van der Waals surface area contributed by atoms with Gasteiger partial charge < -0.3 is 29.3 Å². The van der Waals surface area contributed by atoms with Crippen LogP contribution >= 0.6 is 15.9 Å². The summed E-state index contributed by atoms with van der Waals surface area (Å²) >= 11 is 3.40. The molecule has 0 atom stereocenters. The lowest BCUT2D eigenvalue weighted by Gasteiger charge is -2.24. The fourth-order valence-corrected chi connectivity index (χ4v) is 4.41. The third-order valence-corrected chi connectivity index (χ3v) is 6.52. The Labute approximate surface area is 282 Å². The minimum Gasteiger partial charge on any atom is -0.445 e. The van der Waals surface area contributed by atoms with E-state index in [4.69, 9.17) is 14.2 Å². The van der Waals surface area contributed by atoms with E-state index in [0.717, 1.165) is 26.7 Å². The molecule has 3 aromatic carbocycles. The molecule has 0 bridgehead atoms. The highest BCUT2D eigenvalue weighted by Gasteiger charge is 2.20. The Morgan fingerprint density at radius 1 is 0.674 bits per heavy atom. The monoisotopic (exact) mass is 697 g/mol. The first kappa shape index (κ1) is 38.1. The van der Waals surface area contributed by atoms with Crippen LogP contribution in [0.2, 0.25) is 0 Å². The Morgan fingerprint density at radius 2 is 1.15 bits per heavy atom. The summed E-state index contributed by atoms with van der Waals surface area (Å²) in [6.45, 7) is 12.8. The van der Waals surface area contributed by atoms with Gasteiger partial charge in [0.25, 0.3) is 0 Å². The molecule has 0 heterocycles. The van der Waals surface area contributed by atoms with Crippen LogP contribution in [0.3, 0.4) is 0 Å². The first-order valence-electron chi connectivity index (χ1n) is 15.2. The lowest BCUT2D eigenvalue weighted by molar-refractivity contribution is 0.0275. The van der Waals surface area contributed by atoms with Crippen LogP contribution in [0, 0.1) is 0 Å². The summed E-state index contributed by atoms with van der Waals surface area (Å²) in [6, 6.07) is 25.3. The fourth-order valence-electron chi connectivity index (χ4n) is 3.96. The van der Waals surface area contributed by atoms with Crippen LogP contribution in [0.15, 0.2) is 83.3 Å². The largest absolute Gasteiger partial charge is 0.445 e. The van der Waals surface area contributed by atoms with Gasteiger partial charge in [-0.1, -0.05) is 82.7 Å². The zero-order valence-corrected chi connectivity index (χ0v) is 29.8. The van der Waals surface area contributed by atoms with Gasteiger partial charge in [0.1, 0.15) is 17.8 Å². The number of benzene rings is 3. The number of ether oxygens (including phenoxy) is 3. The first-order valence-corrected chi connectivity index (χ1v) is 15.9. The predicted octanol–water partition coefficient (Wildman–Crippen LogP) is 8.34. The van der Waals surface area contributed by atoms with E-state index in [1.807, 2.05) is 120 Å². The number of amides is 3. The molecule has 46 heavy (non-hydrogen) atoms. The normalized spacial score (nSPS) is 11.0. The van der Waals surface area contributed by atoms with Gasteiger partial charge in [0.15, 0.2) is 0 Å². The molecule has 0 aromatic heterocycles. The maximum atomic E-state index is 12.1. The molecule has 3 rings (SSSR count). The van der Waals surface area contributed by atoms with Gasteiger partial charge in [0, 0.05) is 38.2 Å². The predicted molar refractivity (Wildman–Crippen MR) is 184 cm³/mol. The molecule has 0 aliphatic heterocycles. The zero-order chi connectivity index (χ0) is 34.3. The van der Waals surface area contributed by atoms with Crippen molar-refractivity contribution in [3.63, 3.8) is 0 Å². The van der Waals surface area contributed by atoms with E-state index in [1.54, 1.807) is 23.9 Å². The Hall–Kier alpha value is -4.05. The van der Waals surface area contributed by atoms with Crippen LogP contribution in [0.1, 0.15) is 63.8 Å². The lowest BCUT2D eigenvalue weighted by Crippen LogP contribution is -2.33. The average molecular weight is 699 g/mol. The number of carbonyl (C=O) groups excluding carboxylic acids is 3. The highest BCUT2D eigenvalue weighted by atomic mass is 79.9. The van der Waals surface area contributed by atoms with Crippen molar-refractivity contribution in [2.45, 2.75) is 78.9 Å². The molecule has 3 aromatic rings. The maximum absolute atomic E-state index is 12.1.